The Bertz CT molecular complexity index is 1060. The number of rotatable bonds is 3. The lowest BCUT2D eigenvalue weighted by atomic mass is 9.57. The third-order valence-corrected chi connectivity index (χ3v) is 7.12. The highest BCUT2D eigenvalue weighted by molar-refractivity contribution is 5.94. The van der Waals surface area contributed by atoms with Crippen LogP contribution in [0, 0.1) is 17.7 Å². The first-order valence-corrected chi connectivity index (χ1v) is 10.7. The Morgan fingerprint density at radius 3 is 2.38 bits per heavy atom. The topological polar surface area (TPSA) is 25.2 Å². The summed E-state index contributed by atoms with van der Waals surface area (Å²) in [5, 5.41) is 11.9. The largest absolute Gasteiger partial charge is 0.507 e. The van der Waals surface area contributed by atoms with E-state index in [4.69, 9.17) is 0 Å². The first-order chi connectivity index (χ1) is 13.6. The molecule has 1 N–H and O–H groups in total. The van der Waals surface area contributed by atoms with E-state index in [-0.39, 0.29) is 16.6 Å². The Labute approximate surface area is 173 Å². The second kappa shape index (κ2) is 6.62. The van der Waals surface area contributed by atoms with Gasteiger partial charge in [-0.15, -0.1) is 0 Å². The predicted octanol–water partition coefficient (Wildman–Crippen LogP) is 7.10. The highest BCUT2D eigenvalue weighted by Gasteiger charge is 2.48. The van der Waals surface area contributed by atoms with Crippen LogP contribution in [0.15, 0.2) is 42.5 Å². The predicted molar refractivity (Wildman–Crippen MR) is 119 cm³/mol. The molecular formula is C26H32FNO. The fourth-order valence-corrected chi connectivity index (χ4v) is 5.73. The van der Waals surface area contributed by atoms with E-state index in [0.29, 0.717) is 17.6 Å². The lowest BCUT2D eigenvalue weighted by molar-refractivity contribution is 0.195. The zero-order valence-corrected chi connectivity index (χ0v) is 18.4. The molecule has 2 nitrogen and oxygen atoms in total. The molecule has 0 spiro atoms. The van der Waals surface area contributed by atoms with Crippen molar-refractivity contribution in [3.05, 3.63) is 59.5 Å². The van der Waals surface area contributed by atoms with Crippen LogP contribution in [-0.4, -0.2) is 9.67 Å². The molecule has 2 unspecified atom stereocenters. The van der Waals surface area contributed by atoms with E-state index in [1.165, 1.54) is 23.4 Å². The van der Waals surface area contributed by atoms with Crippen LogP contribution in [0.3, 0.4) is 0 Å². The maximum atomic E-state index is 13.7. The monoisotopic (exact) mass is 393 g/mol. The number of aromatic hydroxyl groups is 1. The average Bonchev–Trinajstić information content (AvgIpc) is 2.99. The standard InChI is InChI=1S/C26H32FNO/c1-16(2)14-26(6)15-17(3)25(4,5)24-23(26)22-20(8-7-9-21(22)29)28(24)19-12-10-18(27)11-13-19/h7-13,16-17,29H,14-15H2,1-6H3. The molecule has 0 saturated carbocycles. The zero-order valence-electron chi connectivity index (χ0n) is 18.4. The summed E-state index contributed by atoms with van der Waals surface area (Å²) in [5.74, 6) is 1.12. The van der Waals surface area contributed by atoms with Crippen molar-refractivity contribution in [2.24, 2.45) is 11.8 Å². The minimum Gasteiger partial charge on any atom is -0.507 e. The van der Waals surface area contributed by atoms with Crippen LogP contribution in [-0.2, 0) is 10.8 Å². The van der Waals surface area contributed by atoms with E-state index < -0.39 is 0 Å². The first-order valence-electron chi connectivity index (χ1n) is 10.7. The normalized spacial score (nSPS) is 23.5. The summed E-state index contributed by atoms with van der Waals surface area (Å²) < 4.78 is 15.9. The van der Waals surface area contributed by atoms with Gasteiger partial charge in [-0.25, -0.2) is 4.39 Å². The van der Waals surface area contributed by atoms with E-state index in [1.807, 2.05) is 18.2 Å². The number of fused-ring (bicyclic) bond motifs is 3. The number of nitrogens with zero attached hydrogens (tertiary/aromatic N) is 1. The van der Waals surface area contributed by atoms with Gasteiger partial charge in [-0.2, -0.15) is 0 Å². The molecule has 0 saturated heterocycles. The van der Waals surface area contributed by atoms with Crippen molar-refractivity contribution in [3.63, 3.8) is 0 Å². The van der Waals surface area contributed by atoms with Gasteiger partial charge in [0.15, 0.2) is 0 Å². The molecule has 2 atom stereocenters. The van der Waals surface area contributed by atoms with Crippen molar-refractivity contribution in [3.8, 4) is 11.4 Å². The van der Waals surface area contributed by atoms with Gasteiger partial charge in [0.1, 0.15) is 11.6 Å². The molecule has 3 aromatic rings. The van der Waals surface area contributed by atoms with E-state index >= 15 is 0 Å². The molecule has 0 radical (unpaired) electrons. The van der Waals surface area contributed by atoms with Gasteiger partial charge >= 0.3 is 0 Å². The minimum atomic E-state index is -0.237. The zero-order chi connectivity index (χ0) is 21.1. The van der Waals surface area contributed by atoms with Crippen LogP contribution >= 0.6 is 0 Å². The number of hydrogen-bond donors (Lipinski definition) is 1. The molecule has 2 aromatic carbocycles. The Hall–Kier alpha value is -2.29. The van der Waals surface area contributed by atoms with Crippen molar-refractivity contribution in [2.45, 2.75) is 65.2 Å². The van der Waals surface area contributed by atoms with Crippen molar-refractivity contribution < 1.29 is 9.50 Å². The Morgan fingerprint density at radius 1 is 1.10 bits per heavy atom. The average molecular weight is 394 g/mol. The summed E-state index contributed by atoms with van der Waals surface area (Å²) in [4.78, 5) is 0. The third kappa shape index (κ3) is 2.97. The van der Waals surface area contributed by atoms with Crippen LogP contribution in [0.1, 0.15) is 65.6 Å². The first kappa shape index (κ1) is 20.0. The van der Waals surface area contributed by atoms with Gasteiger partial charge in [0.05, 0.1) is 5.52 Å². The molecule has 3 heteroatoms. The number of benzene rings is 2. The molecule has 0 amide bonds. The molecule has 29 heavy (non-hydrogen) atoms. The van der Waals surface area contributed by atoms with E-state index in [9.17, 15) is 9.50 Å². The highest BCUT2D eigenvalue weighted by Crippen LogP contribution is 2.56. The smallest absolute Gasteiger partial charge is 0.125 e. The van der Waals surface area contributed by atoms with Gasteiger partial charge in [-0.3, -0.25) is 0 Å². The van der Waals surface area contributed by atoms with Crippen molar-refractivity contribution in [2.75, 3.05) is 0 Å². The summed E-state index contributed by atoms with van der Waals surface area (Å²) in [7, 11) is 0. The van der Waals surface area contributed by atoms with Gasteiger partial charge in [-0.1, -0.05) is 47.6 Å². The lowest BCUT2D eigenvalue weighted by Gasteiger charge is -2.48. The molecule has 0 aliphatic heterocycles. The van der Waals surface area contributed by atoms with Crippen molar-refractivity contribution in [1.82, 2.24) is 4.57 Å². The van der Waals surface area contributed by atoms with E-state index in [0.717, 1.165) is 29.4 Å². The Kier molecular flexibility index (Phi) is 4.56. The Morgan fingerprint density at radius 2 is 1.76 bits per heavy atom. The van der Waals surface area contributed by atoms with Gasteiger partial charge in [0.25, 0.3) is 0 Å². The van der Waals surface area contributed by atoms with Crippen LogP contribution in [0.4, 0.5) is 4.39 Å². The maximum absolute atomic E-state index is 13.7. The summed E-state index contributed by atoms with van der Waals surface area (Å²) in [5.41, 5.74) is 4.36. The molecule has 0 fully saturated rings. The quantitative estimate of drug-likeness (QED) is 0.504. The summed E-state index contributed by atoms with van der Waals surface area (Å²) >= 11 is 0. The number of phenols is 1. The third-order valence-electron chi connectivity index (χ3n) is 7.12. The number of hydrogen-bond acceptors (Lipinski definition) is 1. The van der Waals surface area contributed by atoms with Crippen LogP contribution in [0.5, 0.6) is 5.75 Å². The molecule has 1 aliphatic rings. The van der Waals surface area contributed by atoms with Crippen LogP contribution in [0.2, 0.25) is 0 Å². The molecule has 0 bridgehead atoms. The van der Waals surface area contributed by atoms with Gasteiger partial charge in [-0.05, 0) is 72.1 Å². The second-order valence-electron chi connectivity index (χ2n) is 10.2. The number of aromatic nitrogens is 1. The molecule has 1 heterocycles. The molecule has 154 valence electrons. The van der Waals surface area contributed by atoms with Crippen molar-refractivity contribution >= 4 is 10.9 Å². The summed E-state index contributed by atoms with van der Waals surface area (Å²) in [6, 6.07) is 12.5. The Balaban J connectivity index is 2.17. The SMILES string of the molecule is CC(C)CC1(C)CC(C)C(C)(C)c2c1c1c(O)cccc1n2-c1ccc(F)cc1. The molecular weight excluding hydrogens is 361 g/mol. The molecule has 4 rings (SSSR count). The fraction of sp³-hybridized carbons (Fsp3) is 0.462. The van der Waals surface area contributed by atoms with E-state index in [2.05, 4.69) is 52.2 Å². The van der Waals surface area contributed by atoms with Crippen LogP contribution in [0.25, 0.3) is 16.6 Å². The lowest BCUT2D eigenvalue weighted by Crippen LogP contribution is -2.43. The summed E-state index contributed by atoms with van der Waals surface area (Å²) in [6.07, 6.45) is 2.15. The number of phenolic OH excluding ortho intramolecular Hbond substituents is 1. The van der Waals surface area contributed by atoms with Gasteiger partial charge in [0, 0.05) is 22.2 Å². The molecule has 1 aliphatic carbocycles. The summed E-state index contributed by atoms with van der Waals surface area (Å²) in [6.45, 7) is 13.9. The highest BCUT2D eigenvalue weighted by atomic mass is 19.1. The van der Waals surface area contributed by atoms with E-state index in [1.54, 1.807) is 6.07 Å². The maximum Gasteiger partial charge on any atom is 0.125 e. The number of halogens is 1. The minimum absolute atomic E-state index is 0.0270. The molecule has 1 aromatic heterocycles. The van der Waals surface area contributed by atoms with Crippen molar-refractivity contribution in [1.29, 1.82) is 0 Å². The van der Waals surface area contributed by atoms with Gasteiger partial charge in [0.2, 0.25) is 0 Å². The second-order valence-corrected chi connectivity index (χ2v) is 10.2. The fourth-order valence-electron chi connectivity index (χ4n) is 5.73. The van der Waals surface area contributed by atoms with Gasteiger partial charge < -0.3 is 9.67 Å². The van der Waals surface area contributed by atoms with Crippen LogP contribution < -0.4 is 0 Å².